The van der Waals surface area contributed by atoms with Crippen LogP contribution in [0.3, 0.4) is 0 Å². The van der Waals surface area contributed by atoms with Crippen molar-refractivity contribution < 1.29 is 23.5 Å². The highest BCUT2D eigenvalue weighted by molar-refractivity contribution is 9.10. The van der Waals surface area contributed by atoms with Crippen molar-refractivity contribution in [3.05, 3.63) is 96.5 Å². The highest BCUT2D eigenvalue weighted by Gasteiger charge is 2.35. The molecule has 1 fully saturated rings. The molecule has 10 heteroatoms. The van der Waals surface area contributed by atoms with Crippen molar-refractivity contribution in [3.63, 3.8) is 0 Å². The van der Waals surface area contributed by atoms with Crippen LogP contribution in [0.1, 0.15) is 16.7 Å². The minimum Gasteiger partial charge on any atom is -0.493 e. The van der Waals surface area contributed by atoms with E-state index in [1.165, 1.54) is 19.2 Å². The Hall–Kier alpha value is -2.52. The number of hydrogen-bond acceptors (Lipinski definition) is 5. The Morgan fingerprint density at radius 3 is 2.57 bits per heavy atom. The molecular weight excluding hydrogens is 580 g/mol. The van der Waals surface area contributed by atoms with Crippen molar-refractivity contribution in [2.45, 2.75) is 13.2 Å². The van der Waals surface area contributed by atoms with Crippen LogP contribution in [-0.4, -0.2) is 23.2 Å². The molecule has 0 atom stereocenters. The number of methoxy groups -OCH3 is 1. The van der Waals surface area contributed by atoms with E-state index in [2.05, 4.69) is 15.9 Å². The van der Waals surface area contributed by atoms with Gasteiger partial charge in [0.15, 0.2) is 11.5 Å². The summed E-state index contributed by atoms with van der Waals surface area (Å²) in [6.45, 7) is 0.221. The number of halogens is 4. The number of carbonyl (C=O) groups is 2. The molecule has 5 nitrogen and oxygen atoms in total. The fourth-order valence-corrected chi connectivity index (χ4v) is 5.09. The standard InChI is InChI=1S/C25H17BrCl2FNO4S/c1-33-21-10-16(8-18(26)23(21)34-13-15-3-2-4-17(29)7-15)11-22-24(31)30(25(32)35-22)12-14-5-6-19(27)20(28)9-14/h2-11H,12-13H2,1H3/b22-11-. The third-order valence-corrected chi connectivity index (χ3v) is 7.26. The van der Waals surface area contributed by atoms with E-state index in [9.17, 15) is 14.0 Å². The number of benzene rings is 3. The molecule has 0 aliphatic carbocycles. The summed E-state index contributed by atoms with van der Waals surface area (Å²) in [6.07, 6.45) is 1.61. The summed E-state index contributed by atoms with van der Waals surface area (Å²) in [6, 6.07) is 14.5. The van der Waals surface area contributed by atoms with E-state index in [1.807, 2.05) is 0 Å². The maximum absolute atomic E-state index is 13.4. The topological polar surface area (TPSA) is 55.8 Å². The highest BCUT2D eigenvalue weighted by atomic mass is 79.9. The SMILES string of the molecule is COc1cc(/C=C2\SC(=O)N(Cc3ccc(Cl)c(Cl)c3)C2=O)cc(Br)c1OCc1cccc(F)c1. The molecule has 1 heterocycles. The maximum atomic E-state index is 13.4. The van der Waals surface area contributed by atoms with Crippen molar-refractivity contribution in [1.82, 2.24) is 4.90 Å². The second-order valence-corrected chi connectivity index (χ2v) is 10.1. The fraction of sp³-hybridized carbons (Fsp3) is 0.120. The summed E-state index contributed by atoms with van der Waals surface area (Å²) in [7, 11) is 1.49. The van der Waals surface area contributed by atoms with Gasteiger partial charge in [0.05, 0.1) is 33.1 Å². The lowest BCUT2D eigenvalue weighted by Crippen LogP contribution is -2.27. The number of thioether (sulfide) groups is 1. The molecule has 1 aliphatic heterocycles. The monoisotopic (exact) mass is 595 g/mol. The second kappa shape index (κ2) is 11.0. The Morgan fingerprint density at radius 1 is 1.06 bits per heavy atom. The lowest BCUT2D eigenvalue weighted by molar-refractivity contribution is -0.123. The summed E-state index contributed by atoms with van der Waals surface area (Å²) < 4.78 is 25.3. The van der Waals surface area contributed by atoms with E-state index in [0.717, 1.165) is 16.7 Å². The molecule has 0 spiro atoms. The summed E-state index contributed by atoms with van der Waals surface area (Å²) in [5.74, 6) is 0.0897. The molecule has 0 saturated carbocycles. The third kappa shape index (κ3) is 6.01. The van der Waals surface area contributed by atoms with E-state index >= 15 is 0 Å². The molecule has 2 amide bonds. The molecule has 0 bridgehead atoms. The van der Waals surface area contributed by atoms with Crippen molar-refractivity contribution in [3.8, 4) is 11.5 Å². The number of carbonyl (C=O) groups excluding carboxylic acids is 2. The Kier molecular flexibility index (Phi) is 8.06. The van der Waals surface area contributed by atoms with Gasteiger partial charge in [-0.05, 0) is 86.9 Å². The maximum Gasteiger partial charge on any atom is 0.293 e. The van der Waals surface area contributed by atoms with Gasteiger partial charge in [0.2, 0.25) is 0 Å². The first-order valence-corrected chi connectivity index (χ1v) is 12.6. The number of amides is 2. The molecule has 0 unspecified atom stereocenters. The predicted octanol–water partition coefficient (Wildman–Crippen LogP) is 7.72. The van der Waals surface area contributed by atoms with Gasteiger partial charge in [0, 0.05) is 0 Å². The van der Waals surface area contributed by atoms with E-state index in [0.29, 0.717) is 42.7 Å². The zero-order chi connectivity index (χ0) is 25.1. The first-order valence-electron chi connectivity index (χ1n) is 10.2. The molecule has 0 N–H and O–H groups in total. The van der Waals surface area contributed by atoms with Gasteiger partial charge in [0.25, 0.3) is 11.1 Å². The third-order valence-electron chi connectivity index (χ3n) is 5.02. The van der Waals surface area contributed by atoms with Crippen LogP contribution in [0.25, 0.3) is 6.08 Å². The van der Waals surface area contributed by atoms with E-state index in [1.54, 1.807) is 48.5 Å². The molecule has 3 aromatic rings. The average molecular weight is 597 g/mol. The Balaban J connectivity index is 1.53. The summed E-state index contributed by atoms with van der Waals surface area (Å²) >= 11 is 16.3. The van der Waals surface area contributed by atoms with Crippen LogP contribution < -0.4 is 9.47 Å². The lowest BCUT2D eigenvalue weighted by atomic mass is 10.1. The molecular formula is C25H17BrCl2FNO4S. The van der Waals surface area contributed by atoms with Gasteiger partial charge in [0.1, 0.15) is 12.4 Å². The quantitative estimate of drug-likeness (QED) is 0.261. The first kappa shape index (κ1) is 25.6. The van der Waals surface area contributed by atoms with Crippen molar-refractivity contribution >= 4 is 68.1 Å². The lowest BCUT2D eigenvalue weighted by Gasteiger charge is -2.14. The van der Waals surface area contributed by atoms with Gasteiger partial charge in [-0.15, -0.1) is 0 Å². The molecule has 1 saturated heterocycles. The normalized spacial score (nSPS) is 14.7. The zero-order valence-electron chi connectivity index (χ0n) is 18.2. The van der Waals surface area contributed by atoms with Crippen LogP contribution in [-0.2, 0) is 17.9 Å². The van der Waals surface area contributed by atoms with Gasteiger partial charge in [-0.3, -0.25) is 14.5 Å². The smallest absolute Gasteiger partial charge is 0.293 e. The van der Waals surface area contributed by atoms with Crippen molar-refractivity contribution in [2.75, 3.05) is 7.11 Å². The molecule has 0 aromatic heterocycles. The Morgan fingerprint density at radius 2 is 1.86 bits per heavy atom. The minimum absolute atomic E-state index is 0.0821. The van der Waals surface area contributed by atoms with Gasteiger partial charge in [-0.1, -0.05) is 41.4 Å². The molecule has 1 aliphatic rings. The van der Waals surface area contributed by atoms with Gasteiger partial charge in [-0.25, -0.2) is 4.39 Å². The summed E-state index contributed by atoms with van der Waals surface area (Å²) in [5, 5.41) is 0.365. The van der Waals surface area contributed by atoms with E-state index in [4.69, 9.17) is 32.7 Å². The van der Waals surface area contributed by atoms with E-state index in [-0.39, 0.29) is 29.1 Å². The van der Waals surface area contributed by atoms with Gasteiger partial charge < -0.3 is 9.47 Å². The molecule has 3 aromatic carbocycles. The number of hydrogen-bond donors (Lipinski definition) is 0. The van der Waals surface area contributed by atoms with Crippen LogP contribution >= 0.6 is 50.9 Å². The molecule has 0 radical (unpaired) electrons. The molecule has 35 heavy (non-hydrogen) atoms. The predicted molar refractivity (Wildman–Crippen MR) is 139 cm³/mol. The summed E-state index contributed by atoms with van der Waals surface area (Å²) in [5.41, 5.74) is 1.98. The van der Waals surface area contributed by atoms with Crippen molar-refractivity contribution in [1.29, 1.82) is 0 Å². The van der Waals surface area contributed by atoms with Crippen LogP contribution in [0.15, 0.2) is 64.0 Å². The fourth-order valence-electron chi connectivity index (χ4n) is 3.35. The van der Waals surface area contributed by atoms with Gasteiger partial charge in [-0.2, -0.15) is 0 Å². The van der Waals surface area contributed by atoms with Crippen LogP contribution in [0, 0.1) is 5.82 Å². The number of ether oxygens (including phenoxy) is 2. The number of imide groups is 1. The Bertz CT molecular complexity index is 1350. The second-order valence-electron chi connectivity index (χ2n) is 7.47. The van der Waals surface area contributed by atoms with E-state index < -0.39 is 5.91 Å². The zero-order valence-corrected chi connectivity index (χ0v) is 22.1. The summed E-state index contributed by atoms with van der Waals surface area (Å²) in [4.78, 5) is 26.9. The average Bonchev–Trinajstić information content (AvgIpc) is 3.07. The van der Waals surface area contributed by atoms with Crippen LogP contribution in [0.4, 0.5) is 9.18 Å². The van der Waals surface area contributed by atoms with Crippen molar-refractivity contribution in [2.24, 2.45) is 0 Å². The Labute approximate surface area is 223 Å². The molecule has 4 rings (SSSR count). The minimum atomic E-state index is -0.410. The first-order chi connectivity index (χ1) is 16.7. The number of nitrogens with zero attached hydrogens (tertiary/aromatic N) is 1. The van der Waals surface area contributed by atoms with Crippen LogP contribution in [0.2, 0.25) is 10.0 Å². The number of rotatable bonds is 7. The van der Waals surface area contributed by atoms with Crippen LogP contribution in [0.5, 0.6) is 11.5 Å². The highest BCUT2D eigenvalue weighted by Crippen LogP contribution is 2.40. The largest absolute Gasteiger partial charge is 0.493 e. The van der Waals surface area contributed by atoms with Gasteiger partial charge >= 0.3 is 0 Å². The molecule has 180 valence electrons.